The Morgan fingerprint density at radius 3 is 2.94 bits per heavy atom. The van der Waals surface area contributed by atoms with Crippen molar-refractivity contribution < 1.29 is 4.74 Å². The minimum absolute atomic E-state index is 0.428. The van der Waals surface area contributed by atoms with Gasteiger partial charge in [0.15, 0.2) is 0 Å². The van der Waals surface area contributed by atoms with E-state index in [0.29, 0.717) is 6.04 Å². The molecule has 0 aromatic carbocycles. The maximum atomic E-state index is 5.75. The van der Waals surface area contributed by atoms with Crippen molar-refractivity contribution in [3.63, 3.8) is 0 Å². The van der Waals surface area contributed by atoms with E-state index < -0.39 is 0 Å². The smallest absolute Gasteiger partial charge is 0.110 e. The molecule has 0 amide bonds. The normalized spacial score (nSPS) is 17.8. The minimum atomic E-state index is 0.428. The highest BCUT2D eigenvalue weighted by Crippen LogP contribution is 2.17. The van der Waals surface area contributed by atoms with Gasteiger partial charge in [0.1, 0.15) is 5.76 Å². The van der Waals surface area contributed by atoms with Crippen LogP contribution in [-0.2, 0) is 4.74 Å². The number of allylic oxidation sites excluding steroid dienone is 1. The van der Waals surface area contributed by atoms with Gasteiger partial charge >= 0.3 is 0 Å². The van der Waals surface area contributed by atoms with Crippen LogP contribution in [0.25, 0.3) is 0 Å². The zero-order valence-corrected chi connectivity index (χ0v) is 11.4. The Morgan fingerprint density at radius 2 is 2.31 bits per heavy atom. The Hall–Kier alpha value is -0.150. The van der Waals surface area contributed by atoms with E-state index in [1.54, 1.807) is 0 Å². The third-order valence-electron chi connectivity index (χ3n) is 2.58. The van der Waals surface area contributed by atoms with Crippen LogP contribution in [0.4, 0.5) is 0 Å². The summed E-state index contributed by atoms with van der Waals surface area (Å²) in [5.41, 5.74) is 0. The molecule has 0 aromatic rings. The second-order valence-corrected chi connectivity index (χ2v) is 5.33. The molecule has 0 aliphatic carbocycles. The summed E-state index contributed by atoms with van der Waals surface area (Å²) in [6.45, 7) is 6.42. The van der Waals surface area contributed by atoms with Crippen LogP contribution in [0, 0.1) is 0 Å². The molecule has 0 aromatic heterocycles. The molecular weight excluding hydrogens is 218 g/mol. The van der Waals surface area contributed by atoms with Crippen LogP contribution in [0.1, 0.15) is 39.5 Å². The van der Waals surface area contributed by atoms with Crippen molar-refractivity contribution >= 4 is 11.8 Å². The molecule has 0 fully saturated rings. The van der Waals surface area contributed by atoms with Crippen LogP contribution in [0.5, 0.6) is 0 Å². The average Bonchev–Trinajstić information content (AvgIpc) is 2.35. The number of thioether (sulfide) groups is 1. The van der Waals surface area contributed by atoms with Crippen LogP contribution in [-0.4, -0.2) is 30.7 Å². The first-order valence-corrected chi connectivity index (χ1v) is 7.68. The predicted octanol–water partition coefficient (Wildman–Crippen LogP) is 3.19. The second kappa shape index (κ2) is 8.94. The van der Waals surface area contributed by atoms with Crippen molar-refractivity contribution in [2.24, 2.45) is 0 Å². The van der Waals surface area contributed by atoms with Gasteiger partial charge in [-0.05, 0) is 44.1 Å². The van der Waals surface area contributed by atoms with Gasteiger partial charge in [-0.15, -0.1) is 0 Å². The third-order valence-corrected chi connectivity index (χ3v) is 3.85. The van der Waals surface area contributed by atoms with Gasteiger partial charge in [-0.2, -0.15) is 11.8 Å². The molecule has 1 unspecified atom stereocenters. The quantitative estimate of drug-likeness (QED) is 0.662. The lowest BCUT2D eigenvalue weighted by Gasteiger charge is -2.24. The largest absolute Gasteiger partial charge is 0.497 e. The fraction of sp³-hybridized carbons (Fsp3) is 0.846. The fourth-order valence-electron chi connectivity index (χ4n) is 1.73. The lowest BCUT2D eigenvalue weighted by molar-refractivity contribution is 0.172. The van der Waals surface area contributed by atoms with Crippen LogP contribution < -0.4 is 5.32 Å². The number of hydrogen-bond donors (Lipinski definition) is 1. The lowest BCUT2D eigenvalue weighted by atomic mass is 10.1. The number of ether oxygens (including phenoxy) is 1. The van der Waals surface area contributed by atoms with Crippen LogP contribution in [0.15, 0.2) is 11.8 Å². The summed E-state index contributed by atoms with van der Waals surface area (Å²) in [7, 11) is 0. The standard InChI is InChI=1S/C13H25NOS/c1-3-8-14-12(11-16-10-4-2)13-7-5-6-9-15-13/h7,12,14H,3-6,8-11H2,1-2H3. The Morgan fingerprint density at radius 1 is 1.44 bits per heavy atom. The van der Waals surface area contributed by atoms with Crippen LogP contribution in [0.2, 0.25) is 0 Å². The summed E-state index contributed by atoms with van der Waals surface area (Å²) in [6, 6.07) is 0.428. The molecule has 0 bridgehead atoms. The Balaban J connectivity index is 2.38. The van der Waals surface area contributed by atoms with Crippen molar-refractivity contribution in [2.75, 3.05) is 24.7 Å². The molecule has 94 valence electrons. The third kappa shape index (κ3) is 5.26. The molecule has 1 aliphatic heterocycles. The van der Waals surface area contributed by atoms with Crippen molar-refractivity contribution in [3.8, 4) is 0 Å². The molecule has 1 rings (SSSR count). The first-order valence-electron chi connectivity index (χ1n) is 6.52. The topological polar surface area (TPSA) is 21.3 Å². The van der Waals surface area contributed by atoms with Crippen molar-refractivity contribution in [2.45, 2.75) is 45.6 Å². The molecule has 0 radical (unpaired) electrons. The maximum Gasteiger partial charge on any atom is 0.110 e. The van der Waals surface area contributed by atoms with Gasteiger partial charge in [0.25, 0.3) is 0 Å². The first-order chi connectivity index (χ1) is 7.88. The number of rotatable bonds is 8. The van der Waals surface area contributed by atoms with Gasteiger partial charge in [0.2, 0.25) is 0 Å². The molecule has 0 saturated heterocycles. The van der Waals surface area contributed by atoms with E-state index in [2.05, 4.69) is 25.2 Å². The van der Waals surface area contributed by atoms with E-state index in [1.165, 1.54) is 37.2 Å². The summed E-state index contributed by atoms with van der Waals surface area (Å²) in [5, 5.41) is 3.58. The average molecular weight is 243 g/mol. The van der Waals surface area contributed by atoms with Gasteiger partial charge in [-0.3, -0.25) is 0 Å². The highest BCUT2D eigenvalue weighted by molar-refractivity contribution is 7.99. The number of nitrogens with one attached hydrogen (secondary N) is 1. The SMILES string of the molecule is CCCNC(CSCCC)C1=CCCCO1. The van der Waals surface area contributed by atoms with Gasteiger partial charge in [-0.25, -0.2) is 0 Å². The van der Waals surface area contributed by atoms with Crippen LogP contribution >= 0.6 is 11.8 Å². The fourth-order valence-corrected chi connectivity index (χ4v) is 2.70. The van der Waals surface area contributed by atoms with Gasteiger partial charge < -0.3 is 10.1 Å². The number of hydrogen-bond acceptors (Lipinski definition) is 3. The Labute approximate surface area is 104 Å². The molecule has 1 atom stereocenters. The highest BCUT2D eigenvalue weighted by atomic mass is 32.2. The summed E-state index contributed by atoms with van der Waals surface area (Å²) < 4.78 is 5.75. The van der Waals surface area contributed by atoms with E-state index in [0.717, 1.165) is 18.9 Å². The van der Waals surface area contributed by atoms with Crippen molar-refractivity contribution in [3.05, 3.63) is 11.8 Å². The molecule has 16 heavy (non-hydrogen) atoms. The molecular formula is C13H25NOS. The van der Waals surface area contributed by atoms with Crippen molar-refractivity contribution in [1.82, 2.24) is 5.32 Å². The second-order valence-electron chi connectivity index (χ2n) is 4.18. The first kappa shape index (κ1) is 13.9. The molecule has 2 nitrogen and oxygen atoms in total. The van der Waals surface area contributed by atoms with Gasteiger partial charge in [-0.1, -0.05) is 13.8 Å². The molecule has 1 N–H and O–H groups in total. The zero-order valence-electron chi connectivity index (χ0n) is 10.6. The van der Waals surface area contributed by atoms with Crippen molar-refractivity contribution in [1.29, 1.82) is 0 Å². The molecule has 0 spiro atoms. The molecule has 1 heterocycles. The van der Waals surface area contributed by atoms with E-state index in [1.807, 2.05) is 11.8 Å². The molecule has 3 heteroatoms. The Bertz CT molecular complexity index is 206. The maximum absolute atomic E-state index is 5.75. The monoisotopic (exact) mass is 243 g/mol. The highest BCUT2D eigenvalue weighted by Gasteiger charge is 2.16. The van der Waals surface area contributed by atoms with E-state index in [4.69, 9.17) is 4.74 Å². The zero-order chi connectivity index (χ0) is 11.6. The Kier molecular flexibility index (Phi) is 7.77. The van der Waals surface area contributed by atoms with E-state index in [-0.39, 0.29) is 0 Å². The lowest BCUT2D eigenvalue weighted by Crippen LogP contribution is -2.35. The molecule has 0 saturated carbocycles. The minimum Gasteiger partial charge on any atom is -0.497 e. The van der Waals surface area contributed by atoms with Gasteiger partial charge in [0, 0.05) is 5.75 Å². The van der Waals surface area contributed by atoms with Crippen LogP contribution in [0.3, 0.4) is 0 Å². The molecule has 1 aliphatic rings. The van der Waals surface area contributed by atoms with E-state index in [9.17, 15) is 0 Å². The van der Waals surface area contributed by atoms with E-state index >= 15 is 0 Å². The summed E-state index contributed by atoms with van der Waals surface area (Å²) in [4.78, 5) is 0. The summed E-state index contributed by atoms with van der Waals surface area (Å²) in [5.74, 6) is 3.57. The summed E-state index contributed by atoms with van der Waals surface area (Å²) in [6.07, 6.45) is 7.06. The van der Waals surface area contributed by atoms with Gasteiger partial charge in [0.05, 0.1) is 12.6 Å². The predicted molar refractivity (Wildman–Crippen MR) is 73.0 cm³/mol. The summed E-state index contributed by atoms with van der Waals surface area (Å²) >= 11 is 2.02.